The van der Waals surface area contributed by atoms with Crippen LogP contribution in [0.15, 0.2) is 24.3 Å². The second kappa shape index (κ2) is 4.70. The van der Waals surface area contributed by atoms with Gasteiger partial charge in [0.2, 0.25) is 0 Å². The lowest BCUT2D eigenvalue weighted by molar-refractivity contribution is 0.174. The Labute approximate surface area is 89.1 Å². The Hall–Kier alpha value is -0.970. The van der Waals surface area contributed by atoms with Crippen molar-refractivity contribution in [2.75, 3.05) is 26.2 Å². The number of nitrogens with zero attached hydrogens (tertiary/aromatic N) is 1. The van der Waals surface area contributed by atoms with Crippen LogP contribution in [0.3, 0.4) is 0 Å². The third kappa shape index (κ3) is 2.34. The molecule has 0 amide bonds. The summed E-state index contributed by atoms with van der Waals surface area (Å²) in [6.45, 7) is 3.58. The van der Waals surface area contributed by atoms with Crippen molar-refractivity contribution in [1.82, 2.24) is 10.2 Å². The summed E-state index contributed by atoms with van der Waals surface area (Å²) in [7, 11) is 0. The molecule has 15 heavy (non-hydrogen) atoms. The van der Waals surface area contributed by atoms with E-state index in [0.717, 1.165) is 26.2 Å². The minimum atomic E-state index is -0.326. The van der Waals surface area contributed by atoms with Gasteiger partial charge in [0.05, 0.1) is 6.17 Å². The molecule has 1 aliphatic rings. The number of halogens is 1. The van der Waals surface area contributed by atoms with E-state index in [-0.39, 0.29) is 12.0 Å². The van der Waals surface area contributed by atoms with Gasteiger partial charge in [0.25, 0.3) is 0 Å². The zero-order valence-electron chi connectivity index (χ0n) is 8.62. The molecule has 3 N–H and O–H groups in total. The number of rotatable bonds is 2. The maximum Gasteiger partial charge on any atom is 0.129 e. The Morgan fingerprint density at radius 2 is 1.93 bits per heavy atom. The molecule has 1 heterocycles. The Kier molecular flexibility index (Phi) is 3.30. The van der Waals surface area contributed by atoms with Gasteiger partial charge in [-0.15, -0.1) is 0 Å². The molecule has 1 aromatic rings. The van der Waals surface area contributed by atoms with Crippen molar-refractivity contribution in [3.8, 4) is 0 Å². The highest BCUT2D eigenvalue weighted by Gasteiger charge is 2.20. The molecule has 1 atom stereocenters. The van der Waals surface area contributed by atoms with E-state index in [9.17, 15) is 4.39 Å². The molecule has 1 saturated heterocycles. The largest absolute Gasteiger partial charge is 0.314 e. The quantitative estimate of drug-likeness (QED) is 0.753. The predicted molar refractivity (Wildman–Crippen MR) is 57.8 cm³/mol. The number of piperazine rings is 1. The van der Waals surface area contributed by atoms with Crippen molar-refractivity contribution in [1.29, 1.82) is 0 Å². The lowest BCUT2D eigenvalue weighted by Gasteiger charge is -2.32. The lowest BCUT2D eigenvalue weighted by atomic mass is 10.1. The minimum Gasteiger partial charge on any atom is -0.314 e. The fraction of sp³-hybridized carbons (Fsp3) is 0.455. The summed E-state index contributed by atoms with van der Waals surface area (Å²) in [4.78, 5) is 2.09. The van der Waals surface area contributed by atoms with Gasteiger partial charge in [-0.2, -0.15) is 0 Å². The van der Waals surface area contributed by atoms with Gasteiger partial charge in [-0.25, -0.2) is 4.39 Å². The van der Waals surface area contributed by atoms with Crippen LogP contribution in [-0.4, -0.2) is 31.1 Å². The van der Waals surface area contributed by atoms with Gasteiger partial charge >= 0.3 is 0 Å². The molecule has 1 unspecified atom stereocenters. The van der Waals surface area contributed by atoms with E-state index >= 15 is 0 Å². The van der Waals surface area contributed by atoms with E-state index in [0.29, 0.717) is 5.56 Å². The molecule has 2 rings (SSSR count). The van der Waals surface area contributed by atoms with Crippen LogP contribution in [0.25, 0.3) is 0 Å². The highest BCUT2D eigenvalue weighted by molar-refractivity contribution is 5.20. The number of hydrogen-bond acceptors (Lipinski definition) is 3. The van der Waals surface area contributed by atoms with Crippen LogP contribution in [0.1, 0.15) is 11.7 Å². The predicted octanol–water partition coefficient (Wildman–Crippen LogP) is 0.688. The van der Waals surface area contributed by atoms with E-state index in [1.165, 1.54) is 6.07 Å². The maximum atomic E-state index is 13.5. The van der Waals surface area contributed by atoms with Crippen LogP contribution < -0.4 is 11.1 Å². The van der Waals surface area contributed by atoms with Crippen molar-refractivity contribution < 1.29 is 4.39 Å². The number of nitrogens with one attached hydrogen (secondary N) is 1. The average Bonchev–Trinajstić information content (AvgIpc) is 2.30. The molecule has 0 aliphatic carbocycles. The molecule has 0 spiro atoms. The van der Waals surface area contributed by atoms with Crippen molar-refractivity contribution >= 4 is 0 Å². The third-order valence-corrected chi connectivity index (χ3v) is 2.77. The molecular weight excluding hydrogens is 193 g/mol. The molecule has 0 radical (unpaired) electrons. The fourth-order valence-electron chi connectivity index (χ4n) is 1.87. The Morgan fingerprint density at radius 1 is 1.27 bits per heavy atom. The third-order valence-electron chi connectivity index (χ3n) is 2.77. The summed E-state index contributed by atoms with van der Waals surface area (Å²) in [5, 5.41) is 3.24. The van der Waals surface area contributed by atoms with E-state index < -0.39 is 0 Å². The molecular formula is C11H16FN3. The summed E-state index contributed by atoms with van der Waals surface area (Å²) < 4.78 is 13.5. The summed E-state index contributed by atoms with van der Waals surface area (Å²) in [6, 6.07) is 6.71. The molecule has 0 bridgehead atoms. The van der Waals surface area contributed by atoms with Crippen molar-refractivity contribution in [2.45, 2.75) is 6.17 Å². The number of hydrogen-bond donors (Lipinski definition) is 2. The first-order valence-corrected chi connectivity index (χ1v) is 5.24. The Balaban J connectivity index is 2.12. The maximum absolute atomic E-state index is 13.5. The zero-order chi connectivity index (χ0) is 10.7. The van der Waals surface area contributed by atoms with Crippen LogP contribution in [0.4, 0.5) is 4.39 Å². The summed E-state index contributed by atoms with van der Waals surface area (Å²) in [6.07, 6.45) is -0.326. The SMILES string of the molecule is NC(c1ccccc1F)N1CCNCC1. The van der Waals surface area contributed by atoms with Crippen LogP contribution in [-0.2, 0) is 0 Å². The molecule has 82 valence electrons. The first kappa shape index (κ1) is 10.5. The lowest BCUT2D eigenvalue weighted by Crippen LogP contribution is -2.47. The smallest absolute Gasteiger partial charge is 0.129 e. The molecule has 0 saturated carbocycles. The molecule has 1 aliphatic heterocycles. The first-order chi connectivity index (χ1) is 7.29. The van der Waals surface area contributed by atoms with E-state index in [4.69, 9.17) is 5.73 Å². The van der Waals surface area contributed by atoms with E-state index in [1.54, 1.807) is 12.1 Å². The monoisotopic (exact) mass is 209 g/mol. The Bertz CT molecular complexity index is 323. The molecule has 1 fully saturated rings. The summed E-state index contributed by atoms with van der Waals surface area (Å²) in [5.74, 6) is -0.219. The van der Waals surface area contributed by atoms with Gasteiger partial charge in [0, 0.05) is 31.7 Å². The van der Waals surface area contributed by atoms with Crippen LogP contribution in [0.2, 0.25) is 0 Å². The summed E-state index contributed by atoms with van der Waals surface area (Å²) >= 11 is 0. The van der Waals surface area contributed by atoms with Gasteiger partial charge in [-0.05, 0) is 6.07 Å². The highest BCUT2D eigenvalue weighted by atomic mass is 19.1. The highest BCUT2D eigenvalue weighted by Crippen LogP contribution is 2.18. The minimum absolute atomic E-state index is 0.219. The second-order valence-corrected chi connectivity index (χ2v) is 3.75. The normalized spacial score (nSPS) is 20.1. The second-order valence-electron chi connectivity index (χ2n) is 3.75. The zero-order valence-corrected chi connectivity index (χ0v) is 8.62. The first-order valence-electron chi connectivity index (χ1n) is 5.24. The van der Waals surface area contributed by atoms with E-state index in [2.05, 4.69) is 10.2 Å². The van der Waals surface area contributed by atoms with Crippen LogP contribution in [0.5, 0.6) is 0 Å². The summed E-state index contributed by atoms with van der Waals surface area (Å²) in [5.41, 5.74) is 6.61. The van der Waals surface area contributed by atoms with Gasteiger partial charge < -0.3 is 11.1 Å². The standard InChI is InChI=1S/C11H16FN3/c12-10-4-2-1-3-9(10)11(13)15-7-5-14-6-8-15/h1-4,11,14H,5-8,13H2. The average molecular weight is 209 g/mol. The number of benzene rings is 1. The van der Waals surface area contributed by atoms with Crippen LogP contribution >= 0.6 is 0 Å². The van der Waals surface area contributed by atoms with Gasteiger partial charge in [-0.1, -0.05) is 18.2 Å². The molecule has 1 aromatic carbocycles. The number of nitrogens with two attached hydrogens (primary N) is 1. The molecule has 3 nitrogen and oxygen atoms in total. The van der Waals surface area contributed by atoms with Gasteiger partial charge in [0.1, 0.15) is 5.82 Å². The van der Waals surface area contributed by atoms with E-state index in [1.807, 2.05) is 6.07 Å². The fourth-order valence-corrected chi connectivity index (χ4v) is 1.87. The molecule has 0 aromatic heterocycles. The van der Waals surface area contributed by atoms with Gasteiger partial charge in [-0.3, -0.25) is 4.90 Å². The molecule has 4 heteroatoms. The van der Waals surface area contributed by atoms with Crippen molar-refractivity contribution in [3.63, 3.8) is 0 Å². The topological polar surface area (TPSA) is 41.3 Å². The van der Waals surface area contributed by atoms with Crippen LogP contribution in [0, 0.1) is 5.82 Å². The van der Waals surface area contributed by atoms with Crippen molar-refractivity contribution in [3.05, 3.63) is 35.6 Å². The van der Waals surface area contributed by atoms with Crippen molar-refractivity contribution in [2.24, 2.45) is 5.73 Å². The Morgan fingerprint density at radius 3 is 2.60 bits per heavy atom. The van der Waals surface area contributed by atoms with Gasteiger partial charge in [0.15, 0.2) is 0 Å².